The maximum Gasteiger partial charge on any atom is 0.482 e. The van der Waals surface area contributed by atoms with Crippen LogP contribution in [0.4, 0.5) is 22.0 Å². The summed E-state index contributed by atoms with van der Waals surface area (Å²) in [7, 11) is 0. The van der Waals surface area contributed by atoms with Gasteiger partial charge in [-0.2, -0.15) is 22.0 Å². The molecule has 12 heteroatoms. The Morgan fingerprint density at radius 2 is 1.58 bits per heavy atom. The molecular weight excluding hydrogens is 435 g/mol. The predicted molar refractivity (Wildman–Crippen MR) is 86.3 cm³/mol. The minimum Gasteiger partial charge on any atom is -0.393 e. The van der Waals surface area contributed by atoms with E-state index in [2.05, 4.69) is 14.2 Å². The minimum atomic E-state index is -6.14. The number of esters is 4. The molecular formula is C19H13F5O7. The number of benzene rings is 1. The number of halogens is 5. The van der Waals surface area contributed by atoms with Crippen LogP contribution in [0.25, 0.3) is 0 Å². The van der Waals surface area contributed by atoms with Crippen molar-refractivity contribution in [1.29, 1.82) is 0 Å². The summed E-state index contributed by atoms with van der Waals surface area (Å²) in [4.78, 5) is 48.5. The van der Waals surface area contributed by atoms with Crippen molar-refractivity contribution < 1.29 is 55.3 Å². The third-order valence-corrected chi connectivity index (χ3v) is 5.68. The number of hydrogen-bond acceptors (Lipinski definition) is 7. The Morgan fingerprint density at radius 1 is 0.903 bits per heavy atom. The Bertz CT molecular complexity index is 1000. The van der Waals surface area contributed by atoms with E-state index in [-0.39, 0.29) is 11.1 Å². The average molecular weight is 448 g/mol. The summed E-state index contributed by atoms with van der Waals surface area (Å²) in [5.74, 6) is -11.1. The topological polar surface area (TPSA) is 96.0 Å². The highest BCUT2D eigenvalue weighted by Gasteiger charge is 2.66. The first kappa shape index (κ1) is 21.3. The number of aryl methyl sites for hydroxylation is 1. The van der Waals surface area contributed by atoms with Crippen LogP contribution in [0, 0.1) is 18.8 Å². The SMILES string of the molecule is Cc1ccc2c(c1)C1C(=O)OC(=O)C1C(OC(F)(F)C(F)(F)F)C2C1CC(=O)OC1=O. The molecule has 2 heterocycles. The van der Waals surface area contributed by atoms with Gasteiger partial charge in [-0.05, 0) is 18.1 Å². The molecule has 0 bridgehead atoms. The molecule has 0 amide bonds. The summed E-state index contributed by atoms with van der Waals surface area (Å²) >= 11 is 0. The zero-order chi connectivity index (χ0) is 22.9. The first-order valence-corrected chi connectivity index (χ1v) is 9.04. The van der Waals surface area contributed by atoms with Gasteiger partial charge in [0.2, 0.25) is 0 Å². The van der Waals surface area contributed by atoms with E-state index in [9.17, 15) is 41.1 Å². The van der Waals surface area contributed by atoms with Crippen molar-refractivity contribution >= 4 is 23.9 Å². The number of rotatable bonds is 3. The lowest BCUT2D eigenvalue weighted by atomic mass is 9.65. The molecule has 31 heavy (non-hydrogen) atoms. The fourth-order valence-corrected chi connectivity index (χ4v) is 4.42. The molecule has 4 rings (SSSR count). The van der Waals surface area contributed by atoms with Gasteiger partial charge in [0.25, 0.3) is 0 Å². The maximum atomic E-state index is 13.9. The van der Waals surface area contributed by atoms with E-state index in [0.717, 1.165) is 0 Å². The summed E-state index contributed by atoms with van der Waals surface area (Å²) in [5, 5.41) is 0. The Morgan fingerprint density at radius 3 is 2.16 bits per heavy atom. The summed E-state index contributed by atoms with van der Waals surface area (Å²) in [5.41, 5.74) is 0.750. The van der Waals surface area contributed by atoms with Gasteiger partial charge in [0.1, 0.15) is 5.92 Å². The van der Waals surface area contributed by atoms with Crippen LogP contribution in [0.15, 0.2) is 18.2 Å². The molecule has 1 aromatic carbocycles. The van der Waals surface area contributed by atoms with Crippen LogP contribution in [0.5, 0.6) is 0 Å². The van der Waals surface area contributed by atoms with Crippen LogP contribution in [0.1, 0.15) is 34.9 Å². The molecule has 2 aliphatic heterocycles. The van der Waals surface area contributed by atoms with Crippen molar-refractivity contribution in [2.75, 3.05) is 0 Å². The summed E-state index contributed by atoms with van der Waals surface area (Å²) < 4.78 is 79.6. The number of alkyl halides is 5. The van der Waals surface area contributed by atoms with Crippen LogP contribution < -0.4 is 0 Å². The van der Waals surface area contributed by atoms with Gasteiger partial charge in [0, 0.05) is 5.92 Å². The predicted octanol–water partition coefficient (Wildman–Crippen LogP) is 2.51. The number of carbonyl (C=O) groups is 4. The fraction of sp³-hybridized carbons (Fsp3) is 0.474. The molecule has 7 nitrogen and oxygen atoms in total. The number of cyclic esters (lactones) is 4. The van der Waals surface area contributed by atoms with E-state index in [1.807, 2.05) is 0 Å². The smallest absolute Gasteiger partial charge is 0.393 e. The third kappa shape index (κ3) is 3.29. The molecule has 3 aliphatic rings. The van der Waals surface area contributed by atoms with Crippen LogP contribution in [0.2, 0.25) is 0 Å². The number of hydrogen-bond donors (Lipinski definition) is 0. The van der Waals surface area contributed by atoms with Crippen molar-refractivity contribution in [3.05, 3.63) is 34.9 Å². The largest absolute Gasteiger partial charge is 0.482 e. The Labute approximate surface area is 170 Å². The molecule has 0 radical (unpaired) electrons. The Kier molecular flexibility index (Phi) is 4.69. The molecule has 2 saturated heterocycles. The molecule has 0 spiro atoms. The average Bonchev–Trinajstić information content (AvgIpc) is 3.12. The highest BCUT2D eigenvalue weighted by Crippen LogP contribution is 2.54. The van der Waals surface area contributed by atoms with Crippen molar-refractivity contribution in [2.45, 2.75) is 43.6 Å². The maximum absolute atomic E-state index is 13.9. The molecule has 2 fully saturated rings. The third-order valence-electron chi connectivity index (χ3n) is 5.68. The van der Waals surface area contributed by atoms with Gasteiger partial charge in [-0.15, -0.1) is 0 Å². The standard InChI is InChI=1S/C19H13F5O7/c1-6-2-3-7-8(4-6)12-13(17(28)30-16(12)27)14(31-19(23,24)18(20,21)22)11(7)9-5-10(25)29-15(9)26/h2-4,9,11-14H,5H2,1H3. The van der Waals surface area contributed by atoms with E-state index in [1.165, 1.54) is 18.2 Å². The summed E-state index contributed by atoms with van der Waals surface area (Å²) in [6, 6.07) is 4.26. The quantitative estimate of drug-likeness (QED) is 0.398. The van der Waals surface area contributed by atoms with Crippen LogP contribution in [-0.4, -0.2) is 42.3 Å². The van der Waals surface area contributed by atoms with Gasteiger partial charge < -0.3 is 14.2 Å². The molecule has 1 aliphatic carbocycles. The van der Waals surface area contributed by atoms with Gasteiger partial charge in [-0.3, -0.25) is 19.2 Å². The second kappa shape index (κ2) is 6.81. The van der Waals surface area contributed by atoms with Crippen LogP contribution in [-0.2, 0) is 33.4 Å². The lowest BCUT2D eigenvalue weighted by molar-refractivity contribution is -0.407. The highest BCUT2D eigenvalue weighted by atomic mass is 19.4. The highest BCUT2D eigenvalue weighted by molar-refractivity contribution is 6.01. The van der Waals surface area contributed by atoms with Gasteiger partial charge in [-0.1, -0.05) is 23.8 Å². The lowest BCUT2D eigenvalue weighted by Crippen LogP contribution is -2.51. The zero-order valence-corrected chi connectivity index (χ0v) is 15.6. The second-order valence-electron chi connectivity index (χ2n) is 7.60. The molecule has 0 saturated carbocycles. The first-order valence-electron chi connectivity index (χ1n) is 9.04. The molecule has 0 aromatic heterocycles. The second-order valence-corrected chi connectivity index (χ2v) is 7.60. The van der Waals surface area contributed by atoms with E-state index < -0.39 is 72.4 Å². The van der Waals surface area contributed by atoms with E-state index in [1.54, 1.807) is 6.92 Å². The lowest BCUT2D eigenvalue weighted by Gasteiger charge is -2.41. The van der Waals surface area contributed by atoms with Gasteiger partial charge in [0.05, 0.1) is 24.4 Å². The first-order chi connectivity index (χ1) is 14.3. The van der Waals surface area contributed by atoms with Gasteiger partial charge >= 0.3 is 36.2 Å². The molecule has 166 valence electrons. The van der Waals surface area contributed by atoms with Crippen molar-refractivity contribution in [2.24, 2.45) is 11.8 Å². The molecule has 0 N–H and O–H groups in total. The fourth-order valence-electron chi connectivity index (χ4n) is 4.42. The summed E-state index contributed by atoms with van der Waals surface area (Å²) in [6.07, 6.45) is -14.8. The van der Waals surface area contributed by atoms with Gasteiger partial charge in [-0.25, -0.2) is 0 Å². The van der Waals surface area contributed by atoms with Crippen LogP contribution in [0.3, 0.4) is 0 Å². The minimum absolute atomic E-state index is 0.0260. The number of carbonyl (C=O) groups excluding carboxylic acids is 4. The monoisotopic (exact) mass is 448 g/mol. The molecule has 1 aromatic rings. The van der Waals surface area contributed by atoms with E-state index >= 15 is 0 Å². The van der Waals surface area contributed by atoms with E-state index in [0.29, 0.717) is 5.56 Å². The van der Waals surface area contributed by atoms with E-state index in [4.69, 9.17) is 0 Å². The normalized spacial score (nSPS) is 30.7. The van der Waals surface area contributed by atoms with Crippen molar-refractivity contribution in [3.63, 3.8) is 0 Å². The number of fused-ring (bicyclic) bond motifs is 3. The molecule has 5 atom stereocenters. The van der Waals surface area contributed by atoms with Gasteiger partial charge in [0.15, 0.2) is 0 Å². The van der Waals surface area contributed by atoms with Crippen molar-refractivity contribution in [3.8, 4) is 0 Å². The van der Waals surface area contributed by atoms with Crippen molar-refractivity contribution in [1.82, 2.24) is 0 Å². The Hall–Kier alpha value is -2.89. The number of ether oxygens (including phenoxy) is 3. The zero-order valence-electron chi connectivity index (χ0n) is 15.6. The van der Waals surface area contributed by atoms with Crippen LogP contribution >= 0.6 is 0 Å². The summed E-state index contributed by atoms with van der Waals surface area (Å²) in [6.45, 7) is 1.63. The molecule has 5 unspecified atom stereocenters. The Balaban J connectivity index is 1.91.